The molecule has 0 fully saturated rings. The fraction of sp³-hybridized carbons (Fsp3) is 0.333. The predicted octanol–water partition coefficient (Wildman–Crippen LogP) is 4.74. The average molecular weight is 403 g/mol. The largest absolute Gasteiger partial charge is 0.496 e. The number of furan rings is 1. The van der Waals surface area contributed by atoms with Gasteiger partial charge in [-0.15, -0.1) is 0 Å². The summed E-state index contributed by atoms with van der Waals surface area (Å²) in [5.41, 5.74) is 3.31. The summed E-state index contributed by atoms with van der Waals surface area (Å²) in [5.74, 6) is 1.73. The van der Waals surface area contributed by atoms with Crippen molar-refractivity contribution in [2.45, 2.75) is 19.9 Å². The molecule has 1 heterocycles. The molecule has 108 valence electrons. The van der Waals surface area contributed by atoms with E-state index < -0.39 is 0 Å². The first-order valence-corrected chi connectivity index (χ1v) is 7.84. The Morgan fingerprint density at radius 3 is 2.45 bits per heavy atom. The van der Waals surface area contributed by atoms with Gasteiger partial charge in [-0.1, -0.05) is 15.9 Å². The topological polar surface area (TPSA) is 34.4 Å². The summed E-state index contributed by atoms with van der Waals surface area (Å²) in [6.07, 6.45) is 0. The number of rotatable bonds is 4. The fourth-order valence-electron chi connectivity index (χ4n) is 2.41. The minimum atomic E-state index is -0.0625. The van der Waals surface area contributed by atoms with Gasteiger partial charge in [0.25, 0.3) is 0 Å². The quantitative estimate of drug-likeness (QED) is 0.801. The van der Waals surface area contributed by atoms with Gasteiger partial charge in [0.2, 0.25) is 0 Å². The van der Waals surface area contributed by atoms with Crippen LogP contribution in [0.15, 0.2) is 31.8 Å². The summed E-state index contributed by atoms with van der Waals surface area (Å²) in [7, 11) is 3.61. The van der Waals surface area contributed by atoms with E-state index in [0.29, 0.717) is 0 Å². The molecular formula is C15H17Br2NO2. The molecule has 1 N–H and O–H groups in total. The van der Waals surface area contributed by atoms with Crippen molar-refractivity contribution in [3.05, 3.63) is 49.8 Å². The number of hydrogen-bond donors (Lipinski definition) is 1. The van der Waals surface area contributed by atoms with Crippen molar-refractivity contribution in [3.8, 4) is 5.75 Å². The van der Waals surface area contributed by atoms with Crippen LogP contribution in [-0.2, 0) is 0 Å². The van der Waals surface area contributed by atoms with E-state index >= 15 is 0 Å². The van der Waals surface area contributed by atoms with Crippen LogP contribution < -0.4 is 10.1 Å². The second-order valence-corrected chi connectivity index (χ2v) is 6.25. The van der Waals surface area contributed by atoms with E-state index in [9.17, 15) is 0 Å². The van der Waals surface area contributed by atoms with E-state index in [0.717, 1.165) is 37.3 Å². The summed E-state index contributed by atoms with van der Waals surface area (Å²) < 4.78 is 13.1. The Bertz CT molecular complexity index is 623. The van der Waals surface area contributed by atoms with Crippen molar-refractivity contribution in [3.63, 3.8) is 0 Å². The van der Waals surface area contributed by atoms with Gasteiger partial charge in [0.1, 0.15) is 11.5 Å². The van der Waals surface area contributed by atoms with Gasteiger partial charge >= 0.3 is 0 Å². The highest BCUT2D eigenvalue weighted by Gasteiger charge is 2.24. The maximum absolute atomic E-state index is 5.71. The molecular weight excluding hydrogens is 386 g/mol. The Morgan fingerprint density at radius 1 is 1.25 bits per heavy atom. The number of hydrogen-bond acceptors (Lipinski definition) is 3. The lowest BCUT2D eigenvalue weighted by Gasteiger charge is -2.22. The summed E-state index contributed by atoms with van der Waals surface area (Å²) in [6.45, 7) is 4.11. The first-order chi connectivity index (χ1) is 9.49. The average Bonchev–Trinajstić information content (AvgIpc) is 2.83. The zero-order valence-electron chi connectivity index (χ0n) is 11.9. The molecule has 2 aromatic rings. The molecule has 1 atom stereocenters. The lowest BCUT2D eigenvalue weighted by Crippen LogP contribution is -2.19. The molecule has 2 rings (SSSR count). The molecule has 1 unspecified atom stereocenters. The number of aryl methyl sites for hydroxylation is 1. The number of nitrogens with one attached hydrogen (secondary N) is 1. The standard InChI is InChI=1S/C15H17Br2NO2/c1-8-7-10(16)9(2)13(15(8)19-4)14(18-3)11-5-6-12(17)20-11/h5-7,14,18H,1-4H3. The number of ether oxygens (including phenoxy) is 1. The Morgan fingerprint density at radius 2 is 1.95 bits per heavy atom. The second-order valence-electron chi connectivity index (χ2n) is 4.61. The molecule has 0 aliphatic heterocycles. The van der Waals surface area contributed by atoms with Crippen molar-refractivity contribution in [2.75, 3.05) is 14.2 Å². The third kappa shape index (κ3) is 2.80. The smallest absolute Gasteiger partial charge is 0.169 e. The third-order valence-electron chi connectivity index (χ3n) is 3.37. The van der Waals surface area contributed by atoms with Crippen LogP contribution in [0, 0.1) is 13.8 Å². The van der Waals surface area contributed by atoms with Crippen LogP contribution in [0.1, 0.15) is 28.5 Å². The molecule has 1 aromatic heterocycles. The van der Waals surface area contributed by atoms with E-state index in [1.165, 1.54) is 0 Å². The van der Waals surface area contributed by atoms with Gasteiger partial charge in [-0.05, 0) is 66.2 Å². The molecule has 0 aliphatic carbocycles. The van der Waals surface area contributed by atoms with Gasteiger partial charge in [0.15, 0.2) is 4.67 Å². The highest BCUT2D eigenvalue weighted by molar-refractivity contribution is 9.10. The van der Waals surface area contributed by atoms with Crippen molar-refractivity contribution in [1.82, 2.24) is 5.32 Å². The molecule has 0 aliphatic rings. The molecule has 0 spiro atoms. The van der Waals surface area contributed by atoms with Crippen molar-refractivity contribution in [2.24, 2.45) is 0 Å². The fourth-order valence-corrected chi connectivity index (χ4v) is 3.28. The van der Waals surface area contributed by atoms with Crippen LogP contribution >= 0.6 is 31.9 Å². The second kappa shape index (κ2) is 6.33. The lowest BCUT2D eigenvalue weighted by atomic mass is 9.95. The Labute approximate surface area is 136 Å². The SMILES string of the molecule is CNC(c1ccc(Br)o1)c1c(C)c(Br)cc(C)c1OC. The molecule has 0 amide bonds. The number of methoxy groups -OCH3 is 1. The van der Waals surface area contributed by atoms with Gasteiger partial charge in [-0.2, -0.15) is 0 Å². The minimum absolute atomic E-state index is 0.0625. The van der Waals surface area contributed by atoms with E-state index in [2.05, 4.69) is 50.2 Å². The minimum Gasteiger partial charge on any atom is -0.496 e. The normalized spacial score (nSPS) is 12.5. The summed E-state index contributed by atoms with van der Waals surface area (Å²) >= 11 is 6.96. The van der Waals surface area contributed by atoms with E-state index in [1.54, 1.807) is 7.11 Å². The van der Waals surface area contributed by atoms with Crippen LogP contribution in [0.5, 0.6) is 5.75 Å². The Balaban J connectivity index is 2.65. The van der Waals surface area contributed by atoms with E-state index in [4.69, 9.17) is 9.15 Å². The molecule has 0 saturated carbocycles. The highest BCUT2D eigenvalue weighted by Crippen LogP contribution is 2.39. The molecule has 20 heavy (non-hydrogen) atoms. The van der Waals surface area contributed by atoms with Crippen LogP contribution in [0.4, 0.5) is 0 Å². The molecule has 5 heteroatoms. The maximum atomic E-state index is 5.71. The molecule has 1 aromatic carbocycles. The Kier molecular flexibility index (Phi) is 4.94. The van der Waals surface area contributed by atoms with E-state index in [1.807, 2.05) is 26.1 Å². The van der Waals surface area contributed by atoms with Gasteiger partial charge in [-0.25, -0.2) is 0 Å². The molecule has 0 saturated heterocycles. The van der Waals surface area contributed by atoms with Crippen molar-refractivity contribution >= 4 is 31.9 Å². The first-order valence-electron chi connectivity index (χ1n) is 6.25. The van der Waals surface area contributed by atoms with E-state index in [-0.39, 0.29) is 6.04 Å². The first kappa shape index (κ1) is 15.6. The van der Waals surface area contributed by atoms with Gasteiger partial charge in [0, 0.05) is 10.0 Å². The predicted molar refractivity (Wildman–Crippen MR) is 87.5 cm³/mol. The van der Waals surface area contributed by atoms with Gasteiger partial charge in [0.05, 0.1) is 13.2 Å². The molecule has 3 nitrogen and oxygen atoms in total. The van der Waals surface area contributed by atoms with Crippen molar-refractivity contribution < 1.29 is 9.15 Å². The summed E-state index contributed by atoms with van der Waals surface area (Å²) in [5, 5.41) is 3.30. The van der Waals surface area contributed by atoms with Crippen LogP contribution in [0.25, 0.3) is 0 Å². The van der Waals surface area contributed by atoms with Gasteiger partial charge < -0.3 is 14.5 Å². The van der Waals surface area contributed by atoms with Crippen LogP contribution in [-0.4, -0.2) is 14.2 Å². The van der Waals surface area contributed by atoms with Crippen molar-refractivity contribution in [1.29, 1.82) is 0 Å². The third-order valence-corrected chi connectivity index (χ3v) is 4.62. The monoisotopic (exact) mass is 401 g/mol. The van der Waals surface area contributed by atoms with Gasteiger partial charge in [-0.3, -0.25) is 0 Å². The van der Waals surface area contributed by atoms with Crippen LogP contribution in [0.3, 0.4) is 0 Å². The maximum Gasteiger partial charge on any atom is 0.169 e. The number of halogens is 2. The van der Waals surface area contributed by atoms with Crippen LogP contribution in [0.2, 0.25) is 0 Å². The highest BCUT2D eigenvalue weighted by atomic mass is 79.9. The molecule has 0 radical (unpaired) electrons. The lowest BCUT2D eigenvalue weighted by molar-refractivity contribution is 0.391. The zero-order chi connectivity index (χ0) is 14.9. The molecule has 0 bridgehead atoms. The number of benzene rings is 1. The Hall–Kier alpha value is -0.780. The summed E-state index contributed by atoms with van der Waals surface area (Å²) in [6, 6.07) is 5.86. The summed E-state index contributed by atoms with van der Waals surface area (Å²) in [4.78, 5) is 0. The zero-order valence-corrected chi connectivity index (χ0v) is 15.1.